The van der Waals surface area contributed by atoms with Gasteiger partial charge in [-0.15, -0.1) is 11.3 Å². The van der Waals surface area contributed by atoms with Gasteiger partial charge in [0.2, 0.25) is 5.91 Å². The predicted octanol–water partition coefficient (Wildman–Crippen LogP) is 4.45. The number of hydrogen-bond acceptors (Lipinski definition) is 3. The Morgan fingerprint density at radius 3 is 2.62 bits per heavy atom. The van der Waals surface area contributed by atoms with Gasteiger partial charge in [-0.05, 0) is 36.8 Å². The second kappa shape index (κ2) is 6.83. The van der Waals surface area contributed by atoms with Crippen LogP contribution in [0.15, 0.2) is 30.3 Å². The molecule has 21 heavy (non-hydrogen) atoms. The van der Waals surface area contributed by atoms with E-state index in [1.54, 1.807) is 31.2 Å². The molecule has 0 unspecified atom stereocenters. The summed E-state index contributed by atoms with van der Waals surface area (Å²) < 4.78 is 13.9. The van der Waals surface area contributed by atoms with Gasteiger partial charge in [0.1, 0.15) is 5.82 Å². The zero-order valence-corrected chi connectivity index (χ0v) is 12.9. The van der Waals surface area contributed by atoms with E-state index in [4.69, 9.17) is 11.6 Å². The number of carbonyl (C=O) groups excluding carboxylic acids is 2. The Bertz CT molecular complexity index is 684. The van der Waals surface area contributed by atoms with Crippen LogP contribution < -0.4 is 5.32 Å². The van der Waals surface area contributed by atoms with Gasteiger partial charge in [-0.2, -0.15) is 0 Å². The largest absolute Gasteiger partial charge is 0.326 e. The molecule has 3 nitrogen and oxygen atoms in total. The minimum Gasteiger partial charge on any atom is -0.326 e. The second-order valence-electron chi connectivity index (χ2n) is 4.54. The monoisotopic (exact) mass is 325 g/mol. The Morgan fingerprint density at radius 1 is 1.24 bits per heavy atom. The van der Waals surface area contributed by atoms with Gasteiger partial charge in [0.15, 0.2) is 5.78 Å². The van der Waals surface area contributed by atoms with Gasteiger partial charge < -0.3 is 5.32 Å². The molecule has 1 aromatic heterocycles. The summed E-state index contributed by atoms with van der Waals surface area (Å²) in [6, 6.07) is 7.76. The molecule has 0 aliphatic heterocycles. The molecule has 2 rings (SSSR count). The lowest BCUT2D eigenvalue weighted by atomic mass is 10.1. The molecule has 0 atom stereocenters. The number of anilines is 1. The SMILES string of the molecule is Cc1ccc(NC(=O)CCC(=O)c2ccc(Cl)s2)cc1F. The van der Waals surface area contributed by atoms with Crippen LogP contribution in [0.4, 0.5) is 10.1 Å². The van der Waals surface area contributed by atoms with Crippen LogP contribution in [0.25, 0.3) is 0 Å². The molecule has 0 spiro atoms. The standard InChI is InChI=1S/C15H13ClFNO2S/c1-9-2-3-10(8-11(9)17)18-15(20)7-4-12(19)13-5-6-14(16)21-13/h2-3,5-6,8H,4,7H2,1H3,(H,18,20). The normalized spacial score (nSPS) is 10.4. The number of benzene rings is 1. The van der Waals surface area contributed by atoms with E-state index in [0.717, 1.165) is 0 Å². The van der Waals surface area contributed by atoms with Crippen molar-refractivity contribution in [3.05, 3.63) is 50.9 Å². The maximum atomic E-state index is 13.4. The summed E-state index contributed by atoms with van der Waals surface area (Å²) in [5, 5.41) is 2.57. The Labute approximate surface area is 130 Å². The molecule has 2 aromatic rings. The van der Waals surface area contributed by atoms with Crippen LogP contribution in [0.1, 0.15) is 28.1 Å². The molecule has 1 amide bonds. The number of halogens is 2. The van der Waals surface area contributed by atoms with E-state index in [2.05, 4.69) is 5.32 Å². The molecular formula is C15H13ClFNO2S. The van der Waals surface area contributed by atoms with Gasteiger partial charge in [0.05, 0.1) is 9.21 Å². The van der Waals surface area contributed by atoms with Crippen LogP contribution in [0.2, 0.25) is 4.34 Å². The topological polar surface area (TPSA) is 46.2 Å². The fourth-order valence-corrected chi connectivity index (χ4v) is 2.72. The molecule has 110 valence electrons. The quantitative estimate of drug-likeness (QED) is 0.825. The van der Waals surface area contributed by atoms with E-state index in [0.29, 0.717) is 20.5 Å². The van der Waals surface area contributed by atoms with Crippen molar-refractivity contribution in [1.82, 2.24) is 0 Å². The van der Waals surface area contributed by atoms with Crippen LogP contribution >= 0.6 is 22.9 Å². The van der Waals surface area contributed by atoms with Crippen LogP contribution in [-0.4, -0.2) is 11.7 Å². The molecule has 0 saturated carbocycles. The van der Waals surface area contributed by atoms with E-state index in [9.17, 15) is 14.0 Å². The average Bonchev–Trinajstić information content (AvgIpc) is 2.87. The molecule has 1 aromatic carbocycles. The second-order valence-corrected chi connectivity index (χ2v) is 6.25. The average molecular weight is 326 g/mol. The highest BCUT2D eigenvalue weighted by Gasteiger charge is 2.12. The molecule has 0 fully saturated rings. The van der Waals surface area contributed by atoms with Gasteiger partial charge in [-0.1, -0.05) is 17.7 Å². The number of thiophene rings is 1. The molecule has 6 heteroatoms. The first-order valence-electron chi connectivity index (χ1n) is 6.30. The summed E-state index contributed by atoms with van der Waals surface area (Å²) in [6.45, 7) is 1.64. The van der Waals surface area contributed by atoms with Crippen molar-refractivity contribution in [2.75, 3.05) is 5.32 Å². The third-order valence-corrected chi connectivity index (χ3v) is 4.15. The minimum atomic E-state index is -0.378. The number of rotatable bonds is 5. The number of ketones is 1. The highest BCUT2D eigenvalue weighted by molar-refractivity contribution is 7.18. The Kier molecular flexibility index (Phi) is 5.09. The Hall–Kier alpha value is -1.72. The third kappa shape index (κ3) is 4.37. The lowest BCUT2D eigenvalue weighted by Gasteiger charge is -2.05. The molecular weight excluding hydrogens is 313 g/mol. The number of hydrogen-bond donors (Lipinski definition) is 1. The number of Topliss-reactive ketones (excluding diaryl/α,β-unsaturated/α-hetero) is 1. The van der Waals surface area contributed by atoms with Gasteiger partial charge in [0, 0.05) is 18.5 Å². The first-order chi connectivity index (χ1) is 9.95. The molecule has 0 radical (unpaired) electrons. The summed E-state index contributed by atoms with van der Waals surface area (Å²) in [7, 11) is 0. The number of amides is 1. The van der Waals surface area contributed by atoms with Crippen molar-refractivity contribution in [1.29, 1.82) is 0 Å². The van der Waals surface area contributed by atoms with E-state index in [1.165, 1.54) is 17.4 Å². The molecule has 0 bridgehead atoms. The van der Waals surface area contributed by atoms with E-state index < -0.39 is 0 Å². The Morgan fingerprint density at radius 2 is 2.00 bits per heavy atom. The number of carbonyl (C=O) groups is 2. The first-order valence-corrected chi connectivity index (χ1v) is 7.49. The molecule has 0 aliphatic rings. The van der Waals surface area contributed by atoms with E-state index in [-0.39, 0.29) is 30.3 Å². The predicted molar refractivity (Wildman–Crippen MR) is 82.7 cm³/mol. The maximum absolute atomic E-state index is 13.4. The van der Waals surface area contributed by atoms with Crippen molar-refractivity contribution >= 4 is 40.3 Å². The summed E-state index contributed by atoms with van der Waals surface area (Å²) in [6.07, 6.45) is 0.140. The van der Waals surface area contributed by atoms with Crippen LogP contribution in [0, 0.1) is 12.7 Å². The first kappa shape index (κ1) is 15.7. The van der Waals surface area contributed by atoms with E-state index >= 15 is 0 Å². The van der Waals surface area contributed by atoms with Crippen molar-refractivity contribution < 1.29 is 14.0 Å². The smallest absolute Gasteiger partial charge is 0.224 e. The highest BCUT2D eigenvalue weighted by atomic mass is 35.5. The Balaban J connectivity index is 1.87. The third-order valence-electron chi connectivity index (χ3n) is 2.88. The van der Waals surface area contributed by atoms with Crippen LogP contribution in [0.5, 0.6) is 0 Å². The lowest BCUT2D eigenvalue weighted by Crippen LogP contribution is -2.13. The van der Waals surface area contributed by atoms with Crippen molar-refractivity contribution in [3.63, 3.8) is 0 Å². The minimum absolute atomic E-state index is 0.0455. The lowest BCUT2D eigenvalue weighted by molar-refractivity contribution is -0.116. The van der Waals surface area contributed by atoms with Crippen molar-refractivity contribution in [2.45, 2.75) is 19.8 Å². The highest BCUT2D eigenvalue weighted by Crippen LogP contribution is 2.23. The van der Waals surface area contributed by atoms with Crippen LogP contribution in [-0.2, 0) is 4.79 Å². The fourth-order valence-electron chi connectivity index (χ4n) is 1.71. The van der Waals surface area contributed by atoms with Gasteiger partial charge in [-0.3, -0.25) is 9.59 Å². The van der Waals surface area contributed by atoms with Gasteiger partial charge in [-0.25, -0.2) is 4.39 Å². The summed E-state index contributed by atoms with van der Waals surface area (Å²) in [5.74, 6) is -0.830. The van der Waals surface area contributed by atoms with Gasteiger partial charge in [0.25, 0.3) is 0 Å². The fraction of sp³-hybridized carbons (Fsp3) is 0.200. The van der Waals surface area contributed by atoms with Gasteiger partial charge >= 0.3 is 0 Å². The zero-order valence-electron chi connectivity index (χ0n) is 11.3. The summed E-state index contributed by atoms with van der Waals surface area (Å²) >= 11 is 6.94. The molecule has 1 N–H and O–H groups in total. The van der Waals surface area contributed by atoms with Crippen LogP contribution in [0.3, 0.4) is 0 Å². The van der Waals surface area contributed by atoms with Crippen molar-refractivity contribution in [2.24, 2.45) is 0 Å². The number of aryl methyl sites for hydroxylation is 1. The molecule has 1 heterocycles. The molecule has 0 saturated heterocycles. The maximum Gasteiger partial charge on any atom is 0.224 e. The molecule has 0 aliphatic carbocycles. The number of nitrogens with one attached hydrogen (secondary N) is 1. The summed E-state index contributed by atoms with van der Waals surface area (Å²) in [5.41, 5.74) is 0.896. The zero-order chi connectivity index (χ0) is 15.4. The summed E-state index contributed by atoms with van der Waals surface area (Å²) in [4.78, 5) is 24.1. The van der Waals surface area contributed by atoms with Crippen molar-refractivity contribution in [3.8, 4) is 0 Å². The van der Waals surface area contributed by atoms with E-state index in [1.807, 2.05) is 0 Å².